The largest absolute Gasteiger partial charge is 0.483 e. The average molecular weight is 1090 g/mol. The van der Waals surface area contributed by atoms with Crippen LogP contribution in [0.2, 0.25) is 0 Å². The SMILES string of the molecule is Cc1ncsc1-c1ccc(CNC(=O)[C@@H]2C[C@@H](O)CN2C(=O)[C@@H](NC(=O)C2(F)CC2)C(C)(C)C)c(OCC(=O)N2CC(N3CC(N4CCC(c5cnn(C(C)(C)C(=O)Nc6ccc(C#N)c(C(F)(F)F)c6)c5)CC4)C3)C2)c1. The number of likely N-dealkylation sites (tertiary alicyclic amines) is 4. The quantitative estimate of drug-likeness (QED) is 0.105. The molecule has 9 rings (SSSR count). The van der Waals surface area contributed by atoms with E-state index >= 15 is 0 Å². The maximum atomic E-state index is 14.7. The molecule has 5 aliphatic rings. The number of carbonyl (C=O) groups is 5. The van der Waals surface area contributed by atoms with Gasteiger partial charge in [-0.3, -0.25) is 38.5 Å². The summed E-state index contributed by atoms with van der Waals surface area (Å²) >= 11 is 1.46. The molecule has 77 heavy (non-hydrogen) atoms. The zero-order valence-electron chi connectivity index (χ0n) is 44.0. The van der Waals surface area contributed by atoms with Crippen LogP contribution >= 0.6 is 11.3 Å². The van der Waals surface area contributed by atoms with Gasteiger partial charge in [0.2, 0.25) is 11.8 Å². The van der Waals surface area contributed by atoms with Crippen molar-refractivity contribution in [1.82, 2.24) is 45.0 Å². The van der Waals surface area contributed by atoms with Crippen LogP contribution in [0.15, 0.2) is 54.3 Å². The van der Waals surface area contributed by atoms with Crippen molar-refractivity contribution >= 4 is 46.6 Å². The van der Waals surface area contributed by atoms with Gasteiger partial charge in [0.1, 0.15) is 23.4 Å². The van der Waals surface area contributed by atoms with Crippen LogP contribution in [0.5, 0.6) is 5.75 Å². The summed E-state index contributed by atoms with van der Waals surface area (Å²) in [7, 11) is 0. The lowest BCUT2D eigenvalue weighted by Crippen LogP contribution is -2.70. The first-order valence-electron chi connectivity index (χ1n) is 26.0. The van der Waals surface area contributed by atoms with Crippen molar-refractivity contribution in [2.75, 3.05) is 57.7 Å². The molecular weight excluding hydrogens is 1020 g/mol. The number of hydrogen-bond acceptors (Lipinski definition) is 13. The number of carbonyl (C=O) groups excluding carboxylic acids is 5. The fraction of sp³-hybridized carbons (Fsp3) is 0.556. The van der Waals surface area contributed by atoms with E-state index in [-0.39, 0.29) is 62.5 Å². The summed E-state index contributed by atoms with van der Waals surface area (Å²) in [6, 6.07) is 8.54. The molecule has 0 spiro atoms. The Hall–Kier alpha value is -6.48. The van der Waals surface area contributed by atoms with Gasteiger partial charge in [-0.15, -0.1) is 11.3 Å². The highest BCUT2D eigenvalue weighted by molar-refractivity contribution is 7.13. The maximum absolute atomic E-state index is 14.7. The van der Waals surface area contributed by atoms with Gasteiger partial charge in [0.25, 0.3) is 17.7 Å². The molecule has 0 bridgehead atoms. The molecule has 5 amide bonds. The summed E-state index contributed by atoms with van der Waals surface area (Å²) in [5, 5.41) is 32.3. The number of benzene rings is 2. The number of rotatable bonds is 16. The molecule has 2 aromatic heterocycles. The van der Waals surface area contributed by atoms with E-state index < -0.39 is 75.7 Å². The van der Waals surface area contributed by atoms with Crippen molar-refractivity contribution in [2.45, 2.75) is 134 Å². The molecule has 4 N–H and O–H groups in total. The Morgan fingerprint density at radius 2 is 1.66 bits per heavy atom. The van der Waals surface area contributed by atoms with E-state index in [9.17, 15) is 46.6 Å². The lowest BCUT2D eigenvalue weighted by atomic mass is 9.85. The lowest BCUT2D eigenvalue weighted by molar-refractivity contribution is -0.145. The Kier molecular flexibility index (Phi) is 15.4. The zero-order valence-corrected chi connectivity index (χ0v) is 44.8. The van der Waals surface area contributed by atoms with Crippen molar-refractivity contribution in [2.24, 2.45) is 5.41 Å². The molecule has 5 fully saturated rings. The third kappa shape index (κ3) is 11.9. The highest BCUT2D eigenvalue weighted by Crippen LogP contribution is 2.41. The van der Waals surface area contributed by atoms with Crippen LogP contribution in [0.25, 0.3) is 10.4 Å². The summed E-state index contributed by atoms with van der Waals surface area (Å²) in [4.78, 5) is 80.7. The Bertz CT molecular complexity index is 2940. The number of aromatic nitrogens is 3. The highest BCUT2D eigenvalue weighted by atomic mass is 32.1. The molecule has 2 aromatic carbocycles. The van der Waals surface area contributed by atoms with E-state index in [4.69, 9.17) is 10.00 Å². The lowest BCUT2D eigenvalue weighted by Gasteiger charge is -2.54. The number of piperidine rings is 1. The van der Waals surface area contributed by atoms with Crippen LogP contribution in [-0.2, 0) is 42.2 Å². The summed E-state index contributed by atoms with van der Waals surface area (Å²) in [5.74, 6) is -2.10. The van der Waals surface area contributed by atoms with Crippen LogP contribution in [0.1, 0.15) is 101 Å². The van der Waals surface area contributed by atoms with E-state index in [0.717, 1.165) is 72.9 Å². The average Bonchev–Trinajstić information content (AvgIpc) is 3.68. The van der Waals surface area contributed by atoms with Gasteiger partial charge in [-0.2, -0.15) is 23.5 Å². The van der Waals surface area contributed by atoms with Crippen LogP contribution in [-0.4, -0.2) is 157 Å². The van der Waals surface area contributed by atoms with E-state index in [2.05, 4.69) is 35.8 Å². The summed E-state index contributed by atoms with van der Waals surface area (Å²) in [6.45, 7) is 14.7. The van der Waals surface area contributed by atoms with Gasteiger partial charge < -0.3 is 35.6 Å². The normalized spacial score (nSPS) is 20.9. The number of thiazole rings is 1. The number of nitrogens with one attached hydrogen (secondary N) is 3. The second-order valence-electron chi connectivity index (χ2n) is 22.7. The number of anilines is 1. The third-order valence-electron chi connectivity index (χ3n) is 15.8. The zero-order chi connectivity index (χ0) is 55.4. The molecule has 4 saturated heterocycles. The molecule has 23 heteroatoms. The number of halogens is 4. The van der Waals surface area contributed by atoms with Gasteiger partial charge in [-0.05, 0) is 106 Å². The van der Waals surface area contributed by atoms with Gasteiger partial charge >= 0.3 is 6.18 Å². The van der Waals surface area contributed by atoms with Crippen LogP contribution in [0.4, 0.5) is 23.2 Å². The second kappa shape index (κ2) is 21.4. The standard InChI is InChI=1S/C54H65F4N11O7S/c1-31-45(77-30-61-31)33-7-8-35(21-60-47(72)42-19-40(70)28-68(42)48(73)46(51(2,3)4)64-50(75)53(55)13-14-53)43(17-33)76-29-44(71)67-26-39(27-67)66-24-38(25-66)65-15-11-32(12-16-65)36-22-62-69(23-36)52(5,6)49(74)63-37-10-9-34(20-59)41(18-37)54(56,57)58/h7-10,17-18,22-23,30,32,38-40,42,46,70H,11-16,19,21,24-29H2,1-6H3,(H,60,72)(H,63,74)(H,64,75)/t40-,42+,46-/m1/s1. The Morgan fingerprint density at radius 1 is 0.961 bits per heavy atom. The van der Waals surface area contributed by atoms with Crippen molar-refractivity contribution in [3.8, 4) is 22.3 Å². The first kappa shape index (κ1) is 55.3. The number of nitrogens with zero attached hydrogens (tertiary/aromatic N) is 8. The number of amides is 5. The van der Waals surface area contributed by atoms with Crippen molar-refractivity contribution in [3.63, 3.8) is 0 Å². The molecule has 0 radical (unpaired) electrons. The predicted molar refractivity (Wildman–Crippen MR) is 276 cm³/mol. The number of ether oxygens (including phenoxy) is 1. The van der Waals surface area contributed by atoms with Crippen molar-refractivity contribution < 1.29 is 51.4 Å². The Balaban J connectivity index is 0.740. The predicted octanol–water partition coefficient (Wildman–Crippen LogP) is 5.34. The van der Waals surface area contributed by atoms with E-state index in [1.54, 1.807) is 57.3 Å². The number of aliphatic hydroxyl groups excluding tert-OH is 1. The van der Waals surface area contributed by atoms with Crippen LogP contribution in [0.3, 0.4) is 0 Å². The molecule has 6 heterocycles. The topological polar surface area (TPSA) is 218 Å². The minimum atomic E-state index is -4.76. The van der Waals surface area contributed by atoms with Gasteiger partial charge in [0, 0.05) is 75.2 Å². The molecule has 4 aromatic rings. The van der Waals surface area contributed by atoms with Crippen LogP contribution < -0.4 is 20.7 Å². The van der Waals surface area contributed by atoms with Gasteiger partial charge in [0.05, 0.1) is 45.6 Å². The monoisotopic (exact) mass is 1090 g/mol. The third-order valence-corrected chi connectivity index (χ3v) is 16.8. The Labute approximate surface area is 448 Å². The minimum absolute atomic E-state index is 0.0175. The maximum Gasteiger partial charge on any atom is 0.417 e. The summed E-state index contributed by atoms with van der Waals surface area (Å²) < 4.78 is 63.1. The number of aliphatic hydroxyl groups is 1. The van der Waals surface area contributed by atoms with Crippen LogP contribution in [0, 0.1) is 23.7 Å². The molecule has 1 aliphatic carbocycles. The highest BCUT2D eigenvalue weighted by Gasteiger charge is 2.53. The number of alkyl halides is 4. The molecule has 3 atom stereocenters. The van der Waals surface area contributed by atoms with Crippen molar-refractivity contribution in [1.29, 1.82) is 5.26 Å². The number of nitriles is 1. The summed E-state index contributed by atoms with van der Waals surface area (Å²) in [6.07, 6.45) is -0.256. The van der Waals surface area contributed by atoms with Gasteiger partial charge in [0.15, 0.2) is 12.3 Å². The second-order valence-corrected chi connectivity index (χ2v) is 23.6. The molecule has 412 valence electrons. The smallest absolute Gasteiger partial charge is 0.417 e. The van der Waals surface area contributed by atoms with Gasteiger partial charge in [-0.1, -0.05) is 32.9 Å². The fourth-order valence-corrected chi connectivity index (χ4v) is 11.3. The Morgan fingerprint density at radius 3 is 2.30 bits per heavy atom. The first-order chi connectivity index (χ1) is 36.3. The van der Waals surface area contributed by atoms with E-state index in [1.807, 2.05) is 31.3 Å². The van der Waals surface area contributed by atoms with Crippen molar-refractivity contribution in [3.05, 3.63) is 82.3 Å². The number of hydrogen-bond donors (Lipinski definition) is 4. The molecule has 0 unspecified atom stereocenters. The molecule has 18 nitrogen and oxygen atoms in total. The number of aryl methyl sites for hydroxylation is 1. The minimum Gasteiger partial charge on any atom is -0.483 e. The van der Waals surface area contributed by atoms with Gasteiger partial charge in [-0.25, -0.2) is 9.37 Å². The summed E-state index contributed by atoms with van der Waals surface area (Å²) in [5.41, 5.74) is -0.823. The van der Waals surface area contributed by atoms with E-state index in [1.165, 1.54) is 27.0 Å². The fourth-order valence-electron chi connectivity index (χ4n) is 10.5. The molecule has 1 saturated carbocycles. The molecule has 4 aliphatic heterocycles. The molecular formula is C54H65F4N11O7S. The van der Waals surface area contributed by atoms with E-state index in [0.29, 0.717) is 30.4 Å². The first-order valence-corrected chi connectivity index (χ1v) is 26.9. The number of β-amino-alcohol motifs (C(OH)–C–C–N with tert-alkyl or cyclic N) is 1.